The van der Waals surface area contributed by atoms with Crippen LogP contribution in [-0.4, -0.2) is 11.8 Å². The zero-order valence-corrected chi connectivity index (χ0v) is 10.5. The number of hydrogen-bond donors (Lipinski definition) is 4. The monoisotopic (exact) mass is 254 g/mol. The Bertz CT molecular complexity index is 302. The van der Waals surface area contributed by atoms with Gasteiger partial charge >= 0.3 is 0 Å². The maximum atomic E-state index is 11.8. The van der Waals surface area contributed by atoms with Crippen molar-refractivity contribution in [2.45, 2.75) is 38.5 Å². The molecule has 2 aliphatic rings. The van der Waals surface area contributed by atoms with Crippen LogP contribution in [-0.2, 0) is 9.59 Å². The van der Waals surface area contributed by atoms with Crippen molar-refractivity contribution in [3.05, 3.63) is 0 Å². The Labute approximate surface area is 107 Å². The Morgan fingerprint density at radius 2 is 1.17 bits per heavy atom. The molecule has 2 rings (SSSR count). The van der Waals surface area contributed by atoms with Gasteiger partial charge in [-0.25, -0.2) is 11.7 Å². The topological polar surface area (TPSA) is 110 Å². The number of rotatable bonds is 2. The molecule has 18 heavy (non-hydrogen) atoms. The lowest BCUT2D eigenvalue weighted by Crippen LogP contribution is -2.50. The summed E-state index contributed by atoms with van der Waals surface area (Å²) in [5.41, 5.74) is 4.52. The molecule has 4 unspecified atom stereocenters. The van der Waals surface area contributed by atoms with Crippen molar-refractivity contribution in [1.29, 1.82) is 0 Å². The number of carbonyl (C=O) groups is 2. The fourth-order valence-electron chi connectivity index (χ4n) is 3.84. The number of amides is 2. The highest BCUT2D eigenvalue weighted by atomic mass is 16.2. The van der Waals surface area contributed by atoms with E-state index in [1.807, 2.05) is 0 Å². The average Bonchev–Trinajstić information content (AvgIpc) is 2.44. The SMILES string of the molecule is NNC(=O)C1CCC(C(=O)NN)C2CCCCC12. The van der Waals surface area contributed by atoms with Crippen molar-refractivity contribution in [2.75, 3.05) is 0 Å². The molecule has 0 aromatic heterocycles. The third kappa shape index (κ3) is 2.35. The van der Waals surface area contributed by atoms with E-state index in [1.54, 1.807) is 0 Å². The number of hydrogen-bond acceptors (Lipinski definition) is 4. The number of hydrazine groups is 2. The molecule has 2 aliphatic carbocycles. The minimum atomic E-state index is -0.0847. The molecule has 0 aromatic rings. The van der Waals surface area contributed by atoms with Gasteiger partial charge in [0.05, 0.1) is 0 Å². The Morgan fingerprint density at radius 1 is 0.778 bits per heavy atom. The molecule has 0 spiro atoms. The molecule has 0 aliphatic heterocycles. The molecule has 6 N–H and O–H groups in total. The molecule has 4 atom stereocenters. The van der Waals surface area contributed by atoms with Crippen LogP contribution in [0.3, 0.4) is 0 Å². The Kier molecular flexibility index (Phi) is 4.19. The smallest absolute Gasteiger partial charge is 0.237 e. The van der Waals surface area contributed by atoms with Crippen LogP contribution in [0.25, 0.3) is 0 Å². The summed E-state index contributed by atoms with van der Waals surface area (Å²) >= 11 is 0. The highest BCUT2D eigenvalue weighted by molar-refractivity contribution is 5.81. The molecule has 0 bridgehead atoms. The summed E-state index contributed by atoms with van der Waals surface area (Å²) in [7, 11) is 0. The second-order valence-electron chi connectivity index (χ2n) is 5.42. The Balaban J connectivity index is 2.15. The number of nitrogens with two attached hydrogens (primary N) is 2. The molecular formula is C12H22N4O2. The average molecular weight is 254 g/mol. The Morgan fingerprint density at radius 3 is 1.50 bits per heavy atom. The van der Waals surface area contributed by atoms with Gasteiger partial charge in [-0.15, -0.1) is 0 Å². The van der Waals surface area contributed by atoms with Crippen molar-refractivity contribution < 1.29 is 9.59 Å². The first kappa shape index (κ1) is 13.3. The fourth-order valence-corrected chi connectivity index (χ4v) is 3.84. The number of carbonyl (C=O) groups excluding carboxylic acids is 2. The fraction of sp³-hybridized carbons (Fsp3) is 0.833. The van der Waals surface area contributed by atoms with Gasteiger partial charge in [0.15, 0.2) is 0 Å². The van der Waals surface area contributed by atoms with Crippen LogP contribution in [0.1, 0.15) is 38.5 Å². The minimum absolute atomic E-state index is 0.0397. The summed E-state index contributed by atoms with van der Waals surface area (Å²) in [6.45, 7) is 0. The van der Waals surface area contributed by atoms with Crippen LogP contribution in [0.2, 0.25) is 0 Å². The molecule has 0 radical (unpaired) electrons. The van der Waals surface area contributed by atoms with Gasteiger partial charge in [-0.2, -0.15) is 0 Å². The lowest BCUT2D eigenvalue weighted by molar-refractivity contribution is -0.137. The normalized spacial score (nSPS) is 35.4. The van der Waals surface area contributed by atoms with Crippen LogP contribution < -0.4 is 22.5 Å². The van der Waals surface area contributed by atoms with Crippen molar-refractivity contribution in [2.24, 2.45) is 35.4 Å². The predicted molar refractivity (Wildman–Crippen MR) is 66.3 cm³/mol. The second kappa shape index (κ2) is 5.67. The van der Waals surface area contributed by atoms with Crippen molar-refractivity contribution in [1.82, 2.24) is 10.9 Å². The molecule has 6 heteroatoms. The molecular weight excluding hydrogens is 232 g/mol. The van der Waals surface area contributed by atoms with E-state index in [-0.39, 0.29) is 35.5 Å². The predicted octanol–water partition coefficient (Wildman–Crippen LogP) is -0.201. The van der Waals surface area contributed by atoms with Gasteiger partial charge in [0.2, 0.25) is 11.8 Å². The standard InChI is InChI=1S/C12H22N4O2/c13-15-11(17)9-5-6-10(12(18)16-14)8-4-2-1-3-7(8)9/h7-10H,1-6,13-14H2,(H,15,17)(H,16,18). The first-order chi connectivity index (χ1) is 8.69. The minimum Gasteiger partial charge on any atom is -0.294 e. The van der Waals surface area contributed by atoms with Crippen LogP contribution in [0.4, 0.5) is 0 Å². The highest BCUT2D eigenvalue weighted by Crippen LogP contribution is 2.46. The molecule has 0 heterocycles. The van der Waals surface area contributed by atoms with E-state index in [4.69, 9.17) is 11.7 Å². The lowest BCUT2D eigenvalue weighted by atomic mass is 9.60. The highest BCUT2D eigenvalue weighted by Gasteiger charge is 2.45. The van der Waals surface area contributed by atoms with E-state index >= 15 is 0 Å². The largest absolute Gasteiger partial charge is 0.294 e. The quantitative estimate of drug-likeness (QED) is 0.311. The van der Waals surface area contributed by atoms with E-state index in [9.17, 15) is 9.59 Å². The van der Waals surface area contributed by atoms with Gasteiger partial charge in [0.25, 0.3) is 0 Å². The second-order valence-corrected chi connectivity index (χ2v) is 5.42. The number of fused-ring (bicyclic) bond motifs is 1. The lowest BCUT2D eigenvalue weighted by Gasteiger charge is -2.44. The van der Waals surface area contributed by atoms with Crippen molar-refractivity contribution in [3.63, 3.8) is 0 Å². The van der Waals surface area contributed by atoms with Gasteiger partial charge in [-0.1, -0.05) is 12.8 Å². The molecule has 102 valence electrons. The zero-order chi connectivity index (χ0) is 13.1. The molecule has 6 nitrogen and oxygen atoms in total. The molecule has 0 saturated heterocycles. The van der Waals surface area contributed by atoms with E-state index in [0.717, 1.165) is 38.5 Å². The summed E-state index contributed by atoms with van der Waals surface area (Å²) in [6, 6.07) is 0. The summed E-state index contributed by atoms with van der Waals surface area (Å²) in [5.74, 6) is 10.8. The van der Waals surface area contributed by atoms with Crippen LogP contribution in [0.5, 0.6) is 0 Å². The maximum absolute atomic E-state index is 11.8. The van der Waals surface area contributed by atoms with E-state index in [1.165, 1.54) is 0 Å². The number of nitrogens with one attached hydrogen (secondary N) is 2. The van der Waals surface area contributed by atoms with Gasteiger partial charge < -0.3 is 0 Å². The molecule has 2 saturated carbocycles. The van der Waals surface area contributed by atoms with Crippen LogP contribution in [0, 0.1) is 23.7 Å². The Hall–Kier alpha value is -1.14. The van der Waals surface area contributed by atoms with Crippen LogP contribution in [0.15, 0.2) is 0 Å². The van der Waals surface area contributed by atoms with Crippen LogP contribution >= 0.6 is 0 Å². The van der Waals surface area contributed by atoms with Gasteiger partial charge in [0, 0.05) is 11.8 Å². The van der Waals surface area contributed by atoms with Crippen molar-refractivity contribution >= 4 is 11.8 Å². The molecule has 0 aromatic carbocycles. The molecule has 2 fully saturated rings. The van der Waals surface area contributed by atoms with Gasteiger partial charge in [-0.3, -0.25) is 20.4 Å². The third-order valence-corrected chi connectivity index (χ3v) is 4.66. The summed E-state index contributed by atoms with van der Waals surface area (Å²) < 4.78 is 0. The van der Waals surface area contributed by atoms with Gasteiger partial charge in [0.1, 0.15) is 0 Å². The molecule has 2 amide bonds. The zero-order valence-electron chi connectivity index (χ0n) is 10.5. The summed E-state index contributed by atoms with van der Waals surface area (Å²) in [6.07, 6.45) is 5.73. The van der Waals surface area contributed by atoms with E-state index < -0.39 is 0 Å². The van der Waals surface area contributed by atoms with Crippen molar-refractivity contribution in [3.8, 4) is 0 Å². The summed E-state index contributed by atoms with van der Waals surface area (Å²) in [4.78, 5) is 23.6. The van der Waals surface area contributed by atoms with E-state index in [0.29, 0.717) is 0 Å². The first-order valence-corrected chi connectivity index (χ1v) is 6.70. The van der Waals surface area contributed by atoms with E-state index in [2.05, 4.69) is 10.9 Å². The third-order valence-electron chi connectivity index (χ3n) is 4.66. The van der Waals surface area contributed by atoms with Gasteiger partial charge in [-0.05, 0) is 37.5 Å². The first-order valence-electron chi connectivity index (χ1n) is 6.70. The summed E-state index contributed by atoms with van der Waals surface area (Å²) in [5, 5.41) is 0. The maximum Gasteiger partial charge on any atom is 0.237 e.